The first-order valence-electron chi connectivity index (χ1n) is 5.98. The molecule has 2 aliphatic rings. The van der Waals surface area contributed by atoms with E-state index < -0.39 is 9.84 Å². The van der Waals surface area contributed by atoms with Gasteiger partial charge in [0.15, 0.2) is 9.84 Å². The third-order valence-corrected chi connectivity index (χ3v) is 6.12. The average molecular weight is 231 g/mol. The Morgan fingerprint density at radius 2 is 2.13 bits per heavy atom. The molecule has 0 amide bonds. The number of rotatable bonds is 2. The van der Waals surface area contributed by atoms with Gasteiger partial charge in [0.1, 0.15) is 0 Å². The highest BCUT2D eigenvalue weighted by Crippen LogP contribution is 2.31. The molecule has 1 N–H and O–H groups in total. The van der Waals surface area contributed by atoms with Gasteiger partial charge in [-0.3, -0.25) is 0 Å². The largest absolute Gasteiger partial charge is 0.311 e. The smallest absolute Gasteiger partial charge is 0.153 e. The van der Waals surface area contributed by atoms with Gasteiger partial charge in [-0.25, -0.2) is 8.42 Å². The van der Waals surface area contributed by atoms with Gasteiger partial charge in [0.25, 0.3) is 0 Å². The minimum Gasteiger partial charge on any atom is -0.311 e. The van der Waals surface area contributed by atoms with Gasteiger partial charge in [-0.1, -0.05) is 6.42 Å². The van der Waals surface area contributed by atoms with E-state index in [-0.39, 0.29) is 10.8 Å². The van der Waals surface area contributed by atoms with Crippen molar-refractivity contribution >= 4 is 9.84 Å². The van der Waals surface area contributed by atoms with Crippen molar-refractivity contribution in [3.8, 4) is 0 Å². The second kappa shape index (κ2) is 4.06. The summed E-state index contributed by atoms with van der Waals surface area (Å²) in [7, 11) is -2.76. The summed E-state index contributed by atoms with van der Waals surface area (Å²) in [4.78, 5) is 0. The average Bonchev–Trinajstić information content (AvgIpc) is 2.46. The van der Waals surface area contributed by atoms with Crippen molar-refractivity contribution in [2.24, 2.45) is 0 Å². The molecule has 4 heteroatoms. The van der Waals surface area contributed by atoms with E-state index in [1.54, 1.807) is 0 Å². The third kappa shape index (κ3) is 2.53. The highest BCUT2D eigenvalue weighted by Gasteiger charge is 2.38. The molecule has 2 saturated heterocycles. The van der Waals surface area contributed by atoms with E-state index in [1.807, 2.05) is 0 Å². The van der Waals surface area contributed by atoms with Crippen LogP contribution >= 0.6 is 0 Å². The van der Waals surface area contributed by atoms with Gasteiger partial charge in [0.2, 0.25) is 0 Å². The molecule has 15 heavy (non-hydrogen) atoms. The Labute approximate surface area is 92.6 Å². The fraction of sp³-hybridized carbons (Fsp3) is 1.00. The first kappa shape index (κ1) is 11.4. The topological polar surface area (TPSA) is 46.2 Å². The molecule has 0 aromatic heterocycles. The summed E-state index contributed by atoms with van der Waals surface area (Å²) in [5.41, 5.74) is 0.0698. The standard InChI is InChI=1S/C11H21NO2S/c1-11(6-2-3-7-12-11)9-10-5-4-8-15(10,13)14/h10,12H,2-9H2,1H3. The van der Waals surface area contributed by atoms with Crippen molar-refractivity contribution in [2.75, 3.05) is 12.3 Å². The predicted octanol–water partition coefficient (Wildman–Crippen LogP) is 1.49. The maximum Gasteiger partial charge on any atom is 0.153 e. The quantitative estimate of drug-likeness (QED) is 0.783. The molecule has 0 saturated carbocycles. The van der Waals surface area contributed by atoms with Crippen LogP contribution in [0, 0.1) is 0 Å². The van der Waals surface area contributed by atoms with E-state index >= 15 is 0 Å². The van der Waals surface area contributed by atoms with E-state index in [0.717, 1.165) is 32.2 Å². The molecule has 0 aromatic carbocycles. The van der Waals surface area contributed by atoms with Crippen LogP contribution in [0.3, 0.4) is 0 Å². The fourth-order valence-corrected chi connectivity index (χ4v) is 4.93. The van der Waals surface area contributed by atoms with Crippen molar-refractivity contribution in [1.29, 1.82) is 0 Å². The lowest BCUT2D eigenvalue weighted by Crippen LogP contribution is -2.48. The molecule has 2 atom stereocenters. The zero-order valence-electron chi connectivity index (χ0n) is 9.46. The maximum atomic E-state index is 11.7. The molecule has 3 nitrogen and oxygen atoms in total. The molecule has 2 aliphatic heterocycles. The molecule has 2 heterocycles. The van der Waals surface area contributed by atoms with Crippen LogP contribution in [0.25, 0.3) is 0 Å². The molecule has 0 aliphatic carbocycles. The molecule has 88 valence electrons. The van der Waals surface area contributed by atoms with Crippen LogP contribution in [0.15, 0.2) is 0 Å². The second-order valence-electron chi connectivity index (χ2n) is 5.28. The van der Waals surface area contributed by atoms with Gasteiger partial charge < -0.3 is 5.32 Å². The summed E-state index contributed by atoms with van der Waals surface area (Å²) in [5.74, 6) is 0.410. The van der Waals surface area contributed by atoms with Crippen LogP contribution in [0.1, 0.15) is 45.4 Å². The fourth-order valence-electron chi connectivity index (χ4n) is 2.88. The molecule has 0 aromatic rings. The zero-order chi connectivity index (χ0) is 10.9. The lowest BCUT2D eigenvalue weighted by Gasteiger charge is -2.36. The van der Waals surface area contributed by atoms with E-state index in [4.69, 9.17) is 0 Å². The normalized spacial score (nSPS) is 40.5. The molecule has 0 radical (unpaired) electrons. The summed E-state index contributed by atoms with van der Waals surface area (Å²) in [5, 5.41) is 3.42. The van der Waals surface area contributed by atoms with Crippen molar-refractivity contribution < 1.29 is 8.42 Å². The third-order valence-electron chi connectivity index (χ3n) is 3.85. The van der Waals surface area contributed by atoms with Crippen LogP contribution in [-0.2, 0) is 9.84 Å². The number of sulfone groups is 1. The van der Waals surface area contributed by atoms with Crippen molar-refractivity contribution in [3.05, 3.63) is 0 Å². The van der Waals surface area contributed by atoms with Gasteiger partial charge in [0, 0.05) is 5.54 Å². The molecule has 2 rings (SSSR count). The van der Waals surface area contributed by atoms with Crippen LogP contribution in [-0.4, -0.2) is 31.5 Å². The second-order valence-corrected chi connectivity index (χ2v) is 7.68. The van der Waals surface area contributed by atoms with Gasteiger partial charge >= 0.3 is 0 Å². The Kier molecular flexibility index (Phi) is 3.08. The van der Waals surface area contributed by atoms with Gasteiger partial charge in [-0.15, -0.1) is 0 Å². The lowest BCUT2D eigenvalue weighted by atomic mass is 9.86. The highest BCUT2D eigenvalue weighted by atomic mass is 32.2. The number of hydrogen-bond acceptors (Lipinski definition) is 3. The molecule has 0 spiro atoms. The number of nitrogens with one attached hydrogen (secondary N) is 1. The zero-order valence-corrected chi connectivity index (χ0v) is 10.3. The van der Waals surface area contributed by atoms with Crippen LogP contribution in [0.4, 0.5) is 0 Å². The molecular weight excluding hydrogens is 210 g/mol. The Morgan fingerprint density at radius 3 is 2.67 bits per heavy atom. The van der Waals surface area contributed by atoms with Crippen molar-refractivity contribution in [3.63, 3.8) is 0 Å². The van der Waals surface area contributed by atoms with E-state index in [1.165, 1.54) is 12.8 Å². The summed E-state index contributed by atoms with van der Waals surface area (Å²) in [6.45, 7) is 3.23. The molecule has 2 unspecified atom stereocenters. The first-order chi connectivity index (χ1) is 7.02. The van der Waals surface area contributed by atoms with Crippen molar-refractivity contribution in [1.82, 2.24) is 5.32 Å². The Morgan fingerprint density at radius 1 is 1.33 bits per heavy atom. The van der Waals surface area contributed by atoms with Gasteiger partial charge in [0.05, 0.1) is 11.0 Å². The van der Waals surface area contributed by atoms with Crippen molar-refractivity contribution in [2.45, 2.75) is 56.2 Å². The molecular formula is C11H21NO2S. The Bertz CT molecular complexity index is 317. The van der Waals surface area contributed by atoms with Crippen LogP contribution in [0.5, 0.6) is 0 Å². The number of piperidine rings is 1. The minimum atomic E-state index is -2.76. The lowest BCUT2D eigenvalue weighted by molar-refractivity contribution is 0.256. The van der Waals surface area contributed by atoms with E-state index in [9.17, 15) is 8.42 Å². The first-order valence-corrected chi connectivity index (χ1v) is 7.70. The summed E-state index contributed by atoms with van der Waals surface area (Å²) in [6, 6.07) is 0. The SMILES string of the molecule is CC1(CC2CCCS2(=O)=O)CCCCN1. The van der Waals surface area contributed by atoms with Gasteiger partial charge in [-0.2, -0.15) is 0 Å². The van der Waals surface area contributed by atoms with Crippen LogP contribution < -0.4 is 5.32 Å². The van der Waals surface area contributed by atoms with E-state index in [0.29, 0.717) is 5.75 Å². The Balaban J connectivity index is 2.01. The summed E-state index contributed by atoms with van der Waals surface area (Å²) < 4.78 is 23.5. The maximum absolute atomic E-state index is 11.7. The molecule has 0 bridgehead atoms. The summed E-state index contributed by atoms with van der Waals surface area (Å²) in [6.07, 6.45) is 6.14. The monoisotopic (exact) mass is 231 g/mol. The predicted molar refractivity (Wildman–Crippen MR) is 61.7 cm³/mol. The van der Waals surface area contributed by atoms with Gasteiger partial charge in [-0.05, 0) is 45.6 Å². The summed E-state index contributed by atoms with van der Waals surface area (Å²) >= 11 is 0. The number of hydrogen-bond donors (Lipinski definition) is 1. The highest BCUT2D eigenvalue weighted by molar-refractivity contribution is 7.92. The molecule has 2 fully saturated rings. The Hall–Kier alpha value is -0.0900. The van der Waals surface area contributed by atoms with Crippen LogP contribution in [0.2, 0.25) is 0 Å². The minimum absolute atomic E-state index is 0.0698. The van der Waals surface area contributed by atoms with E-state index in [2.05, 4.69) is 12.2 Å².